The lowest BCUT2D eigenvalue weighted by Gasteiger charge is -2.38. The highest BCUT2D eigenvalue weighted by molar-refractivity contribution is 5.87. The van der Waals surface area contributed by atoms with Gasteiger partial charge in [0.05, 0.1) is 19.6 Å². The Kier molecular flexibility index (Phi) is 6.13. The zero-order chi connectivity index (χ0) is 18.2. The second kappa shape index (κ2) is 7.65. The minimum absolute atomic E-state index is 0. The van der Waals surface area contributed by atoms with E-state index in [2.05, 4.69) is 37.1 Å². The zero-order valence-electron chi connectivity index (χ0n) is 16.4. The van der Waals surface area contributed by atoms with Gasteiger partial charge in [-0.3, -0.25) is 4.79 Å². The predicted octanol–water partition coefficient (Wildman–Crippen LogP) is 3.22. The minimum atomic E-state index is -0.333. The highest BCUT2D eigenvalue weighted by Crippen LogP contribution is 2.53. The molecule has 2 heterocycles. The van der Waals surface area contributed by atoms with Gasteiger partial charge in [0.2, 0.25) is 5.91 Å². The first-order valence-corrected chi connectivity index (χ1v) is 9.08. The molecule has 0 bridgehead atoms. The lowest BCUT2D eigenvalue weighted by molar-refractivity contribution is -0.141. The number of hydrogen-bond donors (Lipinski definition) is 1. The standard InChI is InChI=1S/C20H30N2O3.ClH/c1-19(2,3)22-13-16(20(18(22)23)8-10-21-11-9-20)15-7-6-14(24-4)12-17(15)25-5;/h6-7,12,16,21H,8-11,13H2,1-5H3;1H. The molecule has 26 heavy (non-hydrogen) atoms. The van der Waals surface area contributed by atoms with Crippen molar-refractivity contribution in [3.05, 3.63) is 23.8 Å². The summed E-state index contributed by atoms with van der Waals surface area (Å²) in [7, 11) is 3.34. The molecule has 2 aliphatic rings. The summed E-state index contributed by atoms with van der Waals surface area (Å²) in [5, 5.41) is 3.41. The fourth-order valence-electron chi connectivity index (χ4n) is 4.37. The summed E-state index contributed by atoms with van der Waals surface area (Å²) in [6.45, 7) is 8.87. The van der Waals surface area contributed by atoms with Crippen LogP contribution >= 0.6 is 12.4 Å². The highest BCUT2D eigenvalue weighted by atomic mass is 35.5. The number of benzene rings is 1. The number of methoxy groups -OCH3 is 2. The fourth-order valence-corrected chi connectivity index (χ4v) is 4.37. The molecule has 6 heteroatoms. The summed E-state index contributed by atoms with van der Waals surface area (Å²) in [5.41, 5.74) is 0.606. The van der Waals surface area contributed by atoms with Crippen molar-refractivity contribution in [2.75, 3.05) is 33.9 Å². The van der Waals surface area contributed by atoms with Crippen molar-refractivity contribution in [1.29, 1.82) is 0 Å². The fraction of sp³-hybridized carbons (Fsp3) is 0.650. The number of carbonyl (C=O) groups excluding carboxylic acids is 1. The summed E-state index contributed by atoms with van der Waals surface area (Å²) < 4.78 is 11.0. The SMILES string of the molecule is COc1ccc(C2CN(C(C)(C)C)C(=O)C23CCNCC3)c(OC)c1.Cl. The van der Waals surface area contributed by atoms with Crippen LogP contribution in [-0.2, 0) is 4.79 Å². The number of amides is 1. The van der Waals surface area contributed by atoms with Crippen LogP contribution in [0.4, 0.5) is 0 Å². The number of halogens is 1. The molecular weight excluding hydrogens is 352 g/mol. The molecular formula is C20H31ClN2O3. The van der Waals surface area contributed by atoms with Crippen LogP contribution in [-0.4, -0.2) is 50.2 Å². The lowest BCUT2D eigenvalue weighted by atomic mass is 9.68. The molecule has 1 aromatic rings. The Labute approximate surface area is 162 Å². The van der Waals surface area contributed by atoms with E-state index in [1.807, 2.05) is 12.1 Å². The zero-order valence-corrected chi connectivity index (χ0v) is 17.2. The van der Waals surface area contributed by atoms with Gasteiger partial charge in [-0.2, -0.15) is 0 Å². The molecule has 1 spiro atoms. The third-order valence-electron chi connectivity index (χ3n) is 5.82. The van der Waals surface area contributed by atoms with E-state index < -0.39 is 0 Å². The lowest BCUT2D eigenvalue weighted by Crippen LogP contribution is -2.48. The van der Waals surface area contributed by atoms with Gasteiger partial charge in [-0.1, -0.05) is 6.07 Å². The van der Waals surface area contributed by atoms with Crippen LogP contribution in [0.25, 0.3) is 0 Å². The van der Waals surface area contributed by atoms with Crippen LogP contribution in [0.5, 0.6) is 11.5 Å². The average Bonchev–Trinajstić information content (AvgIpc) is 2.87. The van der Waals surface area contributed by atoms with Crippen molar-refractivity contribution in [3.63, 3.8) is 0 Å². The average molecular weight is 383 g/mol. The van der Waals surface area contributed by atoms with Crippen molar-refractivity contribution in [1.82, 2.24) is 10.2 Å². The Morgan fingerprint density at radius 1 is 1.15 bits per heavy atom. The summed E-state index contributed by atoms with van der Waals surface area (Å²) in [6.07, 6.45) is 1.75. The van der Waals surface area contributed by atoms with Gasteiger partial charge in [0.25, 0.3) is 0 Å². The van der Waals surface area contributed by atoms with Gasteiger partial charge >= 0.3 is 0 Å². The van der Waals surface area contributed by atoms with Gasteiger partial charge in [0.15, 0.2) is 0 Å². The third kappa shape index (κ3) is 3.39. The Hall–Kier alpha value is -1.46. The van der Waals surface area contributed by atoms with E-state index in [1.165, 1.54) is 0 Å². The summed E-state index contributed by atoms with van der Waals surface area (Å²) in [4.78, 5) is 15.5. The van der Waals surface area contributed by atoms with Crippen LogP contribution in [0, 0.1) is 5.41 Å². The van der Waals surface area contributed by atoms with Crippen LogP contribution in [0.2, 0.25) is 0 Å². The molecule has 1 aromatic carbocycles. The molecule has 2 saturated heterocycles. The Morgan fingerprint density at radius 2 is 1.81 bits per heavy atom. The number of rotatable bonds is 3. The summed E-state index contributed by atoms with van der Waals surface area (Å²) in [6, 6.07) is 5.97. The van der Waals surface area contributed by atoms with Gasteiger partial charge < -0.3 is 19.7 Å². The molecule has 0 aromatic heterocycles. The monoisotopic (exact) mass is 382 g/mol. The van der Waals surface area contributed by atoms with E-state index in [0.717, 1.165) is 49.5 Å². The van der Waals surface area contributed by atoms with Crippen LogP contribution < -0.4 is 14.8 Å². The van der Waals surface area contributed by atoms with Gasteiger partial charge in [0.1, 0.15) is 11.5 Å². The van der Waals surface area contributed by atoms with Crippen LogP contribution in [0.3, 0.4) is 0 Å². The molecule has 2 fully saturated rings. The van der Waals surface area contributed by atoms with Gasteiger partial charge in [-0.05, 0) is 52.8 Å². The maximum Gasteiger partial charge on any atom is 0.230 e. The summed E-state index contributed by atoms with van der Waals surface area (Å²) >= 11 is 0. The maximum atomic E-state index is 13.5. The normalized spacial score (nSPS) is 22.3. The first-order valence-electron chi connectivity index (χ1n) is 9.08. The minimum Gasteiger partial charge on any atom is -0.497 e. The Morgan fingerprint density at radius 3 is 2.35 bits per heavy atom. The number of nitrogens with one attached hydrogen (secondary N) is 1. The Balaban J connectivity index is 0.00000243. The molecule has 1 N–H and O–H groups in total. The molecule has 1 amide bonds. The van der Waals surface area contributed by atoms with Crippen molar-refractivity contribution >= 4 is 18.3 Å². The van der Waals surface area contributed by atoms with E-state index in [-0.39, 0.29) is 29.3 Å². The van der Waals surface area contributed by atoms with E-state index in [9.17, 15) is 4.79 Å². The van der Waals surface area contributed by atoms with Gasteiger partial charge in [0, 0.05) is 29.6 Å². The number of ether oxygens (including phenoxy) is 2. The van der Waals surface area contributed by atoms with Crippen molar-refractivity contribution in [3.8, 4) is 11.5 Å². The molecule has 0 saturated carbocycles. The number of nitrogens with zero attached hydrogens (tertiary/aromatic N) is 1. The molecule has 5 nitrogen and oxygen atoms in total. The topological polar surface area (TPSA) is 50.8 Å². The molecule has 3 rings (SSSR count). The third-order valence-corrected chi connectivity index (χ3v) is 5.82. The number of likely N-dealkylation sites (tertiary alicyclic amines) is 1. The molecule has 2 aliphatic heterocycles. The van der Waals surface area contributed by atoms with Crippen molar-refractivity contribution in [2.24, 2.45) is 5.41 Å². The van der Waals surface area contributed by atoms with Gasteiger partial charge in [-0.25, -0.2) is 0 Å². The maximum absolute atomic E-state index is 13.5. The summed E-state index contributed by atoms with van der Waals surface area (Å²) in [5.74, 6) is 2.02. The molecule has 146 valence electrons. The molecule has 0 aliphatic carbocycles. The van der Waals surface area contributed by atoms with Crippen LogP contribution in [0.15, 0.2) is 18.2 Å². The van der Waals surface area contributed by atoms with E-state index >= 15 is 0 Å². The number of carbonyl (C=O) groups is 1. The van der Waals surface area contributed by atoms with E-state index in [0.29, 0.717) is 5.91 Å². The molecule has 1 atom stereocenters. The van der Waals surface area contributed by atoms with Crippen molar-refractivity contribution < 1.29 is 14.3 Å². The smallest absolute Gasteiger partial charge is 0.230 e. The first kappa shape index (κ1) is 20.8. The molecule has 1 unspecified atom stereocenters. The second-order valence-electron chi connectivity index (χ2n) is 8.15. The largest absolute Gasteiger partial charge is 0.497 e. The number of piperidine rings is 1. The Bertz CT molecular complexity index is 651. The van der Waals surface area contributed by atoms with E-state index in [4.69, 9.17) is 9.47 Å². The number of hydrogen-bond acceptors (Lipinski definition) is 4. The predicted molar refractivity (Wildman–Crippen MR) is 106 cm³/mol. The van der Waals surface area contributed by atoms with Crippen molar-refractivity contribution in [2.45, 2.75) is 45.1 Å². The quantitative estimate of drug-likeness (QED) is 0.872. The first-order chi connectivity index (χ1) is 11.8. The van der Waals surface area contributed by atoms with Crippen LogP contribution in [0.1, 0.15) is 45.1 Å². The molecule has 0 radical (unpaired) electrons. The highest BCUT2D eigenvalue weighted by Gasteiger charge is 2.56. The van der Waals surface area contributed by atoms with Gasteiger partial charge in [-0.15, -0.1) is 12.4 Å². The van der Waals surface area contributed by atoms with E-state index in [1.54, 1.807) is 14.2 Å². The second-order valence-corrected chi connectivity index (χ2v) is 8.15.